The Bertz CT molecular complexity index is 270. The molecule has 1 nitrogen and oxygen atoms in total. The van der Waals surface area contributed by atoms with E-state index in [9.17, 15) is 0 Å². The van der Waals surface area contributed by atoms with Crippen LogP contribution < -0.4 is 5.73 Å². The molecule has 1 aromatic heterocycles. The van der Waals surface area contributed by atoms with Crippen LogP contribution in [0.3, 0.4) is 0 Å². The fraction of sp³-hybridized carbons (Fsp3) is 0.636. The number of halogens is 1. The van der Waals surface area contributed by atoms with E-state index in [1.165, 1.54) is 11.3 Å². The van der Waals surface area contributed by atoms with Crippen molar-refractivity contribution in [2.24, 2.45) is 17.6 Å². The molecule has 0 aromatic carbocycles. The van der Waals surface area contributed by atoms with Gasteiger partial charge >= 0.3 is 0 Å². The third-order valence-corrected chi connectivity index (χ3v) is 3.51. The van der Waals surface area contributed by atoms with Crippen molar-refractivity contribution in [2.45, 2.75) is 26.7 Å². The molecule has 1 aromatic rings. The molecule has 0 amide bonds. The van der Waals surface area contributed by atoms with Gasteiger partial charge in [-0.2, -0.15) is 0 Å². The lowest BCUT2D eigenvalue weighted by Crippen LogP contribution is -2.18. The van der Waals surface area contributed by atoms with Crippen LogP contribution in [0, 0.1) is 11.8 Å². The van der Waals surface area contributed by atoms with Gasteiger partial charge < -0.3 is 5.73 Å². The van der Waals surface area contributed by atoms with Crippen LogP contribution in [-0.2, 0) is 6.42 Å². The van der Waals surface area contributed by atoms with E-state index in [2.05, 4.69) is 19.9 Å². The summed E-state index contributed by atoms with van der Waals surface area (Å²) in [5.74, 6) is 1.32. The Hall–Kier alpha value is -0.0500. The summed E-state index contributed by atoms with van der Waals surface area (Å²) in [5.41, 5.74) is 5.75. The first-order valence-corrected chi connectivity index (χ1v) is 6.25. The monoisotopic (exact) mass is 231 g/mol. The first-order valence-electron chi connectivity index (χ1n) is 5.06. The Morgan fingerprint density at radius 1 is 1.43 bits per heavy atom. The molecule has 2 N–H and O–H groups in total. The normalized spacial score (nSPS) is 13.5. The molecule has 0 bridgehead atoms. The van der Waals surface area contributed by atoms with Crippen LogP contribution >= 0.6 is 22.9 Å². The van der Waals surface area contributed by atoms with Gasteiger partial charge in [-0.25, -0.2) is 0 Å². The fourth-order valence-corrected chi connectivity index (χ4v) is 2.88. The van der Waals surface area contributed by atoms with E-state index < -0.39 is 0 Å². The molecule has 0 spiro atoms. The van der Waals surface area contributed by atoms with E-state index in [4.69, 9.17) is 17.3 Å². The van der Waals surface area contributed by atoms with Gasteiger partial charge in [0.1, 0.15) is 0 Å². The summed E-state index contributed by atoms with van der Waals surface area (Å²) in [6.45, 7) is 5.25. The Morgan fingerprint density at radius 3 is 2.57 bits per heavy atom. The highest BCUT2D eigenvalue weighted by atomic mass is 35.5. The molecule has 0 saturated heterocycles. The first-order chi connectivity index (χ1) is 6.61. The smallest absolute Gasteiger partial charge is 0.0931 e. The molecule has 0 aliphatic heterocycles. The third kappa shape index (κ3) is 3.99. The molecular weight excluding hydrogens is 214 g/mol. The molecule has 0 aliphatic carbocycles. The van der Waals surface area contributed by atoms with E-state index in [0.29, 0.717) is 5.92 Å². The molecule has 0 radical (unpaired) electrons. The Kier molecular flexibility index (Phi) is 4.93. The van der Waals surface area contributed by atoms with Gasteiger partial charge in [0.15, 0.2) is 0 Å². The largest absolute Gasteiger partial charge is 0.330 e. The quantitative estimate of drug-likeness (QED) is 0.824. The van der Waals surface area contributed by atoms with Crippen molar-refractivity contribution in [1.82, 2.24) is 0 Å². The minimum Gasteiger partial charge on any atom is -0.330 e. The van der Waals surface area contributed by atoms with E-state index in [1.54, 1.807) is 11.3 Å². The van der Waals surface area contributed by atoms with Crippen molar-refractivity contribution in [1.29, 1.82) is 0 Å². The van der Waals surface area contributed by atoms with Crippen molar-refractivity contribution < 1.29 is 0 Å². The zero-order valence-corrected chi connectivity index (χ0v) is 10.4. The minimum atomic E-state index is 0.602. The van der Waals surface area contributed by atoms with Gasteiger partial charge in [-0.1, -0.05) is 25.4 Å². The fourth-order valence-electron chi connectivity index (χ4n) is 1.68. The highest BCUT2D eigenvalue weighted by molar-refractivity contribution is 7.16. The zero-order chi connectivity index (χ0) is 10.6. The van der Waals surface area contributed by atoms with Gasteiger partial charge in [0, 0.05) is 4.88 Å². The zero-order valence-electron chi connectivity index (χ0n) is 8.79. The highest BCUT2D eigenvalue weighted by Crippen LogP contribution is 2.25. The number of hydrogen-bond acceptors (Lipinski definition) is 2. The lowest BCUT2D eigenvalue weighted by Gasteiger charge is -2.15. The van der Waals surface area contributed by atoms with Crippen molar-refractivity contribution in [3.05, 3.63) is 21.3 Å². The van der Waals surface area contributed by atoms with E-state index >= 15 is 0 Å². The second-order valence-electron chi connectivity index (χ2n) is 4.14. The average Bonchev–Trinajstić information content (AvgIpc) is 2.49. The standard InChI is InChI=1S/C11H18ClNS/c1-8(2)5-9(7-13)6-10-3-4-11(12)14-10/h3-4,8-9H,5-7,13H2,1-2H3. The van der Waals surface area contributed by atoms with Gasteiger partial charge in [-0.3, -0.25) is 0 Å². The van der Waals surface area contributed by atoms with E-state index in [1.807, 2.05) is 6.07 Å². The predicted octanol–water partition coefficient (Wildman–Crippen LogP) is 3.57. The van der Waals surface area contributed by atoms with E-state index in [-0.39, 0.29) is 0 Å². The second-order valence-corrected chi connectivity index (χ2v) is 5.94. The Balaban J connectivity index is 2.48. The molecule has 1 unspecified atom stereocenters. The van der Waals surface area contributed by atoms with Gasteiger partial charge in [0.25, 0.3) is 0 Å². The highest BCUT2D eigenvalue weighted by Gasteiger charge is 2.11. The molecule has 0 saturated carbocycles. The number of nitrogens with two attached hydrogens (primary N) is 1. The number of hydrogen-bond donors (Lipinski definition) is 1. The van der Waals surface area contributed by atoms with Crippen molar-refractivity contribution >= 4 is 22.9 Å². The topological polar surface area (TPSA) is 26.0 Å². The molecular formula is C11H18ClNS. The third-order valence-electron chi connectivity index (χ3n) is 2.26. The summed E-state index contributed by atoms with van der Waals surface area (Å²) >= 11 is 7.55. The molecule has 3 heteroatoms. The molecule has 1 atom stereocenters. The Labute approximate surface area is 95.3 Å². The summed E-state index contributed by atoms with van der Waals surface area (Å²) < 4.78 is 0.875. The molecule has 14 heavy (non-hydrogen) atoms. The van der Waals surface area contributed by atoms with Crippen LogP contribution in [0.5, 0.6) is 0 Å². The number of thiophene rings is 1. The second kappa shape index (κ2) is 5.74. The van der Waals surface area contributed by atoms with Gasteiger partial charge in [0.05, 0.1) is 4.34 Å². The number of rotatable bonds is 5. The molecule has 0 fully saturated rings. The van der Waals surface area contributed by atoms with Crippen molar-refractivity contribution in [3.63, 3.8) is 0 Å². The van der Waals surface area contributed by atoms with Crippen LogP contribution in [-0.4, -0.2) is 6.54 Å². The van der Waals surface area contributed by atoms with Gasteiger partial charge in [0.2, 0.25) is 0 Å². The molecule has 1 heterocycles. The van der Waals surface area contributed by atoms with Crippen molar-refractivity contribution in [3.8, 4) is 0 Å². The van der Waals surface area contributed by atoms with E-state index in [0.717, 1.165) is 23.2 Å². The maximum absolute atomic E-state index is 5.88. The first kappa shape index (κ1) is 12.0. The van der Waals surface area contributed by atoms with Crippen LogP contribution in [0.25, 0.3) is 0 Å². The maximum Gasteiger partial charge on any atom is 0.0931 e. The van der Waals surface area contributed by atoms with Gasteiger partial charge in [-0.05, 0) is 43.4 Å². The summed E-state index contributed by atoms with van der Waals surface area (Å²) in [6.07, 6.45) is 2.28. The summed E-state index contributed by atoms with van der Waals surface area (Å²) in [6, 6.07) is 4.07. The predicted molar refractivity (Wildman–Crippen MR) is 65.0 cm³/mol. The Morgan fingerprint density at radius 2 is 2.14 bits per heavy atom. The van der Waals surface area contributed by atoms with Crippen LogP contribution in [0.1, 0.15) is 25.1 Å². The van der Waals surface area contributed by atoms with Crippen LogP contribution in [0.15, 0.2) is 12.1 Å². The minimum absolute atomic E-state index is 0.602. The average molecular weight is 232 g/mol. The molecule has 0 aliphatic rings. The van der Waals surface area contributed by atoms with Gasteiger partial charge in [-0.15, -0.1) is 11.3 Å². The summed E-state index contributed by atoms with van der Waals surface area (Å²) in [7, 11) is 0. The van der Waals surface area contributed by atoms with Crippen LogP contribution in [0.2, 0.25) is 4.34 Å². The molecule has 80 valence electrons. The lowest BCUT2D eigenvalue weighted by atomic mass is 9.94. The SMILES string of the molecule is CC(C)CC(CN)Cc1ccc(Cl)s1. The van der Waals surface area contributed by atoms with Crippen LogP contribution in [0.4, 0.5) is 0 Å². The summed E-state index contributed by atoms with van der Waals surface area (Å²) in [4.78, 5) is 1.35. The van der Waals surface area contributed by atoms with Crippen molar-refractivity contribution in [2.75, 3.05) is 6.54 Å². The summed E-state index contributed by atoms with van der Waals surface area (Å²) in [5, 5.41) is 0. The maximum atomic E-state index is 5.88. The molecule has 1 rings (SSSR count). The lowest BCUT2D eigenvalue weighted by molar-refractivity contribution is 0.417.